The molecule has 2 heterocycles. The van der Waals surface area contributed by atoms with Gasteiger partial charge in [-0.2, -0.15) is 0 Å². The Hall–Kier alpha value is -2.47. The Kier molecular flexibility index (Phi) is 5.28. The zero-order valence-corrected chi connectivity index (χ0v) is 15.4. The molecular weight excluding hydrogens is 334 g/mol. The van der Waals surface area contributed by atoms with Crippen molar-refractivity contribution in [2.75, 3.05) is 18.0 Å². The van der Waals surface area contributed by atoms with Gasteiger partial charge in [-0.1, -0.05) is 18.2 Å². The van der Waals surface area contributed by atoms with Crippen LogP contribution in [0.2, 0.25) is 0 Å². The largest absolute Gasteiger partial charge is 0.441 e. The van der Waals surface area contributed by atoms with E-state index in [0.717, 1.165) is 30.2 Å². The monoisotopic (exact) mass is 355 g/mol. The number of aryl methyl sites for hydroxylation is 1. The third-order valence-electron chi connectivity index (χ3n) is 3.95. The number of benzene rings is 1. The van der Waals surface area contributed by atoms with Gasteiger partial charge in [-0.05, 0) is 50.2 Å². The number of aliphatic imine (C=N–C) groups is 1. The van der Waals surface area contributed by atoms with Crippen LogP contribution in [0.5, 0.6) is 0 Å². The van der Waals surface area contributed by atoms with Crippen molar-refractivity contribution in [2.24, 2.45) is 4.99 Å². The molecule has 0 saturated carbocycles. The molecule has 1 amide bonds. The first kappa shape index (κ1) is 17.4. The molecule has 25 heavy (non-hydrogen) atoms. The van der Waals surface area contributed by atoms with Crippen LogP contribution in [0.4, 0.5) is 11.6 Å². The van der Waals surface area contributed by atoms with Crippen molar-refractivity contribution in [1.29, 1.82) is 0 Å². The number of nitrogens with one attached hydrogen (secondary N) is 1. The second kappa shape index (κ2) is 7.61. The Morgan fingerprint density at radius 1 is 1.20 bits per heavy atom. The van der Waals surface area contributed by atoms with Crippen molar-refractivity contribution in [3.63, 3.8) is 0 Å². The second-order valence-corrected chi connectivity index (χ2v) is 6.65. The number of furan rings is 1. The molecule has 5 nitrogen and oxygen atoms in total. The number of amidine groups is 1. The number of rotatable bonds is 5. The van der Waals surface area contributed by atoms with E-state index in [1.54, 1.807) is 6.08 Å². The molecular formula is C19H21N3O2S. The third kappa shape index (κ3) is 3.96. The molecule has 0 radical (unpaired) electrons. The molecule has 1 fully saturated rings. The van der Waals surface area contributed by atoms with Crippen molar-refractivity contribution in [2.45, 2.75) is 20.8 Å². The van der Waals surface area contributed by atoms with Gasteiger partial charge in [0.2, 0.25) is 0 Å². The highest BCUT2D eigenvalue weighted by molar-refractivity contribution is 8.18. The Labute approximate surface area is 151 Å². The zero-order chi connectivity index (χ0) is 17.8. The summed E-state index contributed by atoms with van der Waals surface area (Å²) >= 11 is 1.32. The van der Waals surface area contributed by atoms with Gasteiger partial charge in [-0.15, -0.1) is 0 Å². The summed E-state index contributed by atoms with van der Waals surface area (Å²) in [5.74, 6) is 1.32. The molecule has 1 aromatic heterocycles. The minimum Gasteiger partial charge on any atom is -0.441 e. The predicted molar refractivity (Wildman–Crippen MR) is 104 cm³/mol. The van der Waals surface area contributed by atoms with Crippen molar-refractivity contribution < 1.29 is 9.21 Å². The number of carbonyl (C=O) groups excluding carboxylic acids is 1. The number of amides is 1. The molecule has 6 heteroatoms. The Balaban J connectivity index is 1.79. The molecule has 1 aliphatic rings. The summed E-state index contributed by atoms with van der Waals surface area (Å²) in [6.07, 6.45) is 1.76. The van der Waals surface area contributed by atoms with E-state index in [-0.39, 0.29) is 5.91 Å². The summed E-state index contributed by atoms with van der Waals surface area (Å²) in [4.78, 5) is 19.4. The van der Waals surface area contributed by atoms with Gasteiger partial charge in [0, 0.05) is 25.2 Å². The number of hydrogen-bond donors (Lipinski definition) is 1. The van der Waals surface area contributed by atoms with Gasteiger partial charge in [-0.25, -0.2) is 4.99 Å². The lowest BCUT2D eigenvalue weighted by Crippen LogP contribution is -2.20. The van der Waals surface area contributed by atoms with Gasteiger partial charge in [0.25, 0.3) is 5.91 Å². The molecule has 1 saturated heterocycles. The van der Waals surface area contributed by atoms with E-state index in [4.69, 9.17) is 4.42 Å². The zero-order valence-electron chi connectivity index (χ0n) is 14.6. The summed E-state index contributed by atoms with van der Waals surface area (Å²) in [6, 6.07) is 11.6. The molecule has 0 bridgehead atoms. The number of para-hydroxylation sites is 1. The molecule has 0 spiro atoms. The van der Waals surface area contributed by atoms with Gasteiger partial charge in [0.05, 0.1) is 10.6 Å². The maximum atomic E-state index is 12.2. The average Bonchev–Trinajstić information content (AvgIpc) is 3.19. The summed E-state index contributed by atoms with van der Waals surface area (Å²) in [7, 11) is 0. The first-order chi connectivity index (χ1) is 12.1. The normalized spacial score (nSPS) is 17.3. The fourth-order valence-electron chi connectivity index (χ4n) is 2.53. The fourth-order valence-corrected chi connectivity index (χ4v) is 3.35. The van der Waals surface area contributed by atoms with E-state index in [1.807, 2.05) is 43.3 Å². The van der Waals surface area contributed by atoms with Crippen LogP contribution in [0, 0.1) is 6.92 Å². The minimum absolute atomic E-state index is 0.155. The number of hydrogen-bond acceptors (Lipinski definition) is 5. The van der Waals surface area contributed by atoms with Crippen molar-refractivity contribution >= 4 is 40.5 Å². The van der Waals surface area contributed by atoms with Crippen LogP contribution in [0.1, 0.15) is 25.2 Å². The highest BCUT2D eigenvalue weighted by Crippen LogP contribution is 2.30. The molecule has 3 rings (SSSR count). The third-order valence-corrected chi connectivity index (χ3v) is 4.86. The second-order valence-electron chi connectivity index (χ2n) is 5.62. The predicted octanol–water partition coefficient (Wildman–Crippen LogP) is 4.33. The van der Waals surface area contributed by atoms with Crippen LogP contribution < -0.4 is 10.2 Å². The lowest BCUT2D eigenvalue weighted by Gasteiger charge is -2.16. The van der Waals surface area contributed by atoms with Gasteiger partial charge >= 0.3 is 0 Å². The lowest BCUT2D eigenvalue weighted by atomic mass is 10.2. The molecule has 0 aliphatic carbocycles. The van der Waals surface area contributed by atoms with E-state index in [9.17, 15) is 4.79 Å². The van der Waals surface area contributed by atoms with Crippen LogP contribution in [0.15, 0.2) is 50.7 Å². The molecule has 0 unspecified atom stereocenters. The molecule has 2 aromatic rings. The lowest BCUT2D eigenvalue weighted by molar-refractivity contribution is -0.115. The number of nitrogens with zero attached hydrogens (tertiary/aromatic N) is 2. The first-order valence-electron chi connectivity index (χ1n) is 8.30. The van der Waals surface area contributed by atoms with Crippen LogP contribution in [-0.2, 0) is 4.79 Å². The highest BCUT2D eigenvalue weighted by atomic mass is 32.2. The SMILES string of the molecule is CCN(CC)c1ccc(C=C2SC(=Nc3ccccc3C)NC2=O)o1. The topological polar surface area (TPSA) is 57.8 Å². The number of carbonyl (C=O) groups is 1. The highest BCUT2D eigenvalue weighted by Gasteiger charge is 2.24. The van der Waals surface area contributed by atoms with Crippen molar-refractivity contribution in [3.8, 4) is 0 Å². The van der Waals surface area contributed by atoms with E-state index in [1.165, 1.54) is 11.8 Å². The summed E-state index contributed by atoms with van der Waals surface area (Å²) in [5, 5.41) is 3.39. The Morgan fingerprint density at radius 3 is 2.68 bits per heavy atom. The van der Waals surface area contributed by atoms with E-state index < -0.39 is 0 Å². The van der Waals surface area contributed by atoms with Gasteiger partial charge in [-0.3, -0.25) is 4.79 Å². The number of thioether (sulfide) groups is 1. The molecule has 1 aliphatic heterocycles. The van der Waals surface area contributed by atoms with Gasteiger partial charge in [0.1, 0.15) is 5.76 Å². The summed E-state index contributed by atoms with van der Waals surface area (Å²) in [6.45, 7) is 7.91. The Bertz CT molecular complexity index is 835. The standard InChI is InChI=1S/C19H21N3O2S/c1-4-22(5-2)17-11-10-14(24-17)12-16-18(23)21-19(25-16)20-15-9-7-6-8-13(15)3/h6-12H,4-5H2,1-3H3,(H,20,21,23). The molecule has 0 atom stereocenters. The molecule has 1 N–H and O–H groups in total. The van der Waals surface area contributed by atoms with E-state index >= 15 is 0 Å². The van der Waals surface area contributed by atoms with Gasteiger partial charge in [0.15, 0.2) is 11.1 Å². The number of anilines is 1. The first-order valence-corrected chi connectivity index (χ1v) is 9.12. The fraction of sp³-hybridized carbons (Fsp3) is 0.263. The molecule has 1 aromatic carbocycles. The maximum absolute atomic E-state index is 12.2. The summed E-state index contributed by atoms with van der Waals surface area (Å²) in [5.41, 5.74) is 1.92. The van der Waals surface area contributed by atoms with Gasteiger partial charge < -0.3 is 14.6 Å². The quantitative estimate of drug-likeness (QED) is 0.811. The van der Waals surface area contributed by atoms with Crippen LogP contribution >= 0.6 is 11.8 Å². The average molecular weight is 355 g/mol. The van der Waals surface area contributed by atoms with E-state index in [2.05, 4.69) is 29.1 Å². The Morgan fingerprint density at radius 2 is 1.96 bits per heavy atom. The maximum Gasteiger partial charge on any atom is 0.264 e. The minimum atomic E-state index is -0.155. The summed E-state index contributed by atoms with van der Waals surface area (Å²) < 4.78 is 5.83. The van der Waals surface area contributed by atoms with Crippen LogP contribution in [0.25, 0.3) is 6.08 Å². The molecule has 130 valence electrons. The van der Waals surface area contributed by atoms with E-state index in [0.29, 0.717) is 15.8 Å². The smallest absolute Gasteiger partial charge is 0.264 e. The van der Waals surface area contributed by atoms with Crippen molar-refractivity contribution in [1.82, 2.24) is 5.32 Å². The van der Waals surface area contributed by atoms with Crippen molar-refractivity contribution in [3.05, 3.63) is 52.6 Å². The van der Waals surface area contributed by atoms with Crippen LogP contribution in [0.3, 0.4) is 0 Å². The van der Waals surface area contributed by atoms with Crippen LogP contribution in [-0.4, -0.2) is 24.2 Å².